The molecule has 1 aromatic heterocycles. The van der Waals surface area contributed by atoms with Gasteiger partial charge in [-0.1, -0.05) is 0 Å². The molecular formula is C13H17ClF3N3O. The molecule has 0 bridgehead atoms. The van der Waals surface area contributed by atoms with Gasteiger partial charge in [0.05, 0.1) is 11.3 Å². The molecule has 0 spiro atoms. The van der Waals surface area contributed by atoms with Crippen molar-refractivity contribution in [3.63, 3.8) is 0 Å². The molecule has 4 nitrogen and oxygen atoms in total. The molecule has 0 aliphatic carbocycles. The number of likely N-dealkylation sites (tertiary alicyclic amines) is 1. The number of nitrogens with two attached hydrogens (primary N) is 1. The van der Waals surface area contributed by atoms with Crippen LogP contribution in [0, 0.1) is 12.8 Å². The monoisotopic (exact) mass is 323 g/mol. The summed E-state index contributed by atoms with van der Waals surface area (Å²) in [6.07, 6.45) is -3.67. The molecule has 0 radical (unpaired) electrons. The summed E-state index contributed by atoms with van der Waals surface area (Å²) < 4.78 is 37.6. The number of aromatic nitrogens is 1. The Morgan fingerprint density at radius 1 is 1.48 bits per heavy atom. The molecule has 8 heteroatoms. The first-order chi connectivity index (χ1) is 9.32. The lowest BCUT2D eigenvalue weighted by atomic mass is 10.1. The Balaban J connectivity index is 0.00000220. The fourth-order valence-electron chi connectivity index (χ4n) is 2.32. The van der Waals surface area contributed by atoms with Gasteiger partial charge in [0.2, 0.25) is 0 Å². The van der Waals surface area contributed by atoms with Crippen molar-refractivity contribution in [1.82, 2.24) is 9.88 Å². The summed E-state index contributed by atoms with van der Waals surface area (Å²) in [4.78, 5) is 17.4. The summed E-state index contributed by atoms with van der Waals surface area (Å²) in [7, 11) is 0. The molecule has 118 valence electrons. The molecule has 2 N–H and O–H groups in total. The molecule has 1 unspecified atom stereocenters. The topological polar surface area (TPSA) is 59.2 Å². The number of pyridine rings is 1. The summed E-state index contributed by atoms with van der Waals surface area (Å²) in [5, 5.41) is 0. The minimum absolute atomic E-state index is 0. The van der Waals surface area contributed by atoms with Gasteiger partial charge in [0, 0.05) is 13.1 Å². The van der Waals surface area contributed by atoms with E-state index >= 15 is 0 Å². The molecule has 0 saturated carbocycles. The molecule has 1 saturated heterocycles. The third kappa shape index (κ3) is 3.85. The second kappa shape index (κ2) is 6.62. The highest BCUT2D eigenvalue weighted by molar-refractivity contribution is 5.95. The number of alkyl halides is 3. The van der Waals surface area contributed by atoms with Crippen molar-refractivity contribution < 1.29 is 18.0 Å². The lowest BCUT2D eigenvalue weighted by molar-refractivity contribution is -0.141. The van der Waals surface area contributed by atoms with Crippen LogP contribution in [0.3, 0.4) is 0 Å². The van der Waals surface area contributed by atoms with Gasteiger partial charge in [-0.25, -0.2) is 4.98 Å². The number of hydrogen-bond donors (Lipinski definition) is 1. The van der Waals surface area contributed by atoms with Crippen molar-refractivity contribution in [3.8, 4) is 0 Å². The van der Waals surface area contributed by atoms with Gasteiger partial charge in [-0.15, -0.1) is 12.4 Å². The van der Waals surface area contributed by atoms with E-state index in [4.69, 9.17) is 5.73 Å². The highest BCUT2D eigenvalue weighted by Gasteiger charge is 2.34. The van der Waals surface area contributed by atoms with E-state index < -0.39 is 11.9 Å². The van der Waals surface area contributed by atoms with Crippen LogP contribution in [0.25, 0.3) is 0 Å². The smallest absolute Gasteiger partial charge is 0.338 e. The fourth-order valence-corrected chi connectivity index (χ4v) is 2.32. The van der Waals surface area contributed by atoms with Crippen molar-refractivity contribution in [2.24, 2.45) is 11.7 Å². The minimum Gasteiger partial charge on any atom is -0.338 e. The number of carbonyl (C=O) groups is 1. The molecule has 2 heterocycles. The summed E-state index contributed by atoms with van der Waals surface area (Å²) >= 11 is 0. The predicted molar refractivity (Wildman–Crippen MR) is 74.3 cm³/mol. The maximum absolute atomic E-state index is 12.5. The molecule has 0 aromatic carbocycles. The normalized spacial score (nSPS) is 18.5. The van der Waals surface area contributed by atoms with Crippen molar-refractivity contribution in [2.75, 3.05) is 19.6 Å². The molecule has 2 rings (SSSR count). The van der Waals surface area contributed by atoms with Crippen LogP contribution in [0.4, 0.5) is 13.2 Å². The first-order valence-corrected chi connectivity index (χ1v) is 6.37. The fraction of sp³-hybridized carbons (Fsp3) is 0.538. The van der Waals surface area contributed by atoms with Gasteiger partial charge in [0.15, 0.2) is 0 Å². The molecule has 1 aliphatic rings. The van der Waals surface area contributed by atoms with Gasteiger partial charge < -0.3 is 10.6 Å². The number of aryl methyl sites for hydroxylation is 1. The predicted octanol–water partition coefficient (Wildman–Crippen LogP) is 2.25. The van der Waals surface area contributed by atoms with Crippen LogP contribution in [0.5, 0.6) is 0 Å². The van der Waals surface area contributed by atoms with Crippen LogP contribution in [-0.4, -0.2) is 35.4 Å². The quantitative estimate of drug-likeness (QED) is 0.908. The van der Waals surface area contributed by atoms with Crippen LogP contribution in [0.1, 0.15) is 28.2 Å². The van der Waals surface area contributed by atoms with Crippen molar-refractivity contribution in [2.45, 2.75) is 19.5 Å². The third-order valence-electron chi connectivity index (χ3n) is 3.51. The van der Waals surface area contributed by atoms with E-state index in [0.29, 0.717) is 19.6 Å². The third-order valence-corrected chi connectivity index (χ3v) is 3.51. The molecular weight excluding hydrogens is 307 g/mol. The van der Waals surface area contributed by atoms with Crippen LogP contribution in [-0.2, 0) is 6.18 Å². The van der Waals surface area contributed by atoms with Gasteiger partial charge >= 0.3 is 6.18 Å². The maximum Gasteiger partial charge on any atom is 0.433 e. The highest BCUT2D eigenvalue weighted by atomic mass is 35.5. The van der Waals surface area contributed by atoms with Crippen molar-refractivity contribution >= 4 is 18.3 Å². The van der Waals surface area contributed by atoms with Gasteiger partial charge in [-0.3, -0.25) is 4.79 Å². The van der Waals surface area contributed by atoms with E-state index in [2.05, 4.69) is 4.98 Å². The standard InChI is InChI=1S/C13H16F3N3O.ClH/c1-8-10(2-3-11(18-8)13(14,15)16)12(20)19-5-4-9(6-17)7-19;/h2-3,9H,4-7,17H2,1H3;1H. The number of carbonyl (C=O) groups excluding carboxylic acids is 1. The van der Waals surface area contributed by atoms with E-state index in [1.165, 1.54) is 13.0 Å². The molecule has 21 heavy (non-hydrogen) atoms. The van der Waals surface area contributed by atoms with E-state index in [-0.39, 0.29) is 35.5 Å². The van der Waals surface area contributed by atoms with E-state index in [1.54, 1.807) is 4.90 Å². The Morgan fingerprint density at radius 2 is 2.14 bits per heavy atom. The Labute approximate surface area is 126 Å². The number of halogens is 4. The average Bonchev–Trinajstić information content (AvgIpc) is 2.85. The molecule has 1 aromatic rings. The Kier molecular flexibility index (Phi) is 5.58. The van der Waals surface area contributed by atoms with Crippen LogP contribution in [0.15, 0.2) is 12.1 Å². The molecule has 1 amide bonds. The largest absolute Gasteiger partial charge is 0.433 e. The Morgan fingerprint density at radius 3 is 2.62 bits per heavy atom. The zero-order chi connectivity index (χ0) is 14.9. The van der Waals surface area contributed by atoms with Crippen molar-refractivity contribution in [1.29, 1.82) is 0 Å². The number of rotatable bonds is 2. The summed E-state index contributed by atoms with van der Waals surface area (Å²) in [6.45, 7) is 3.06. The van der Waals surface area contributed by atoms with Gasteiger partial charge in [0.1, 0.15) is 5.69 Å². The van der Waals surface area contributed by atoms with Gasteiger partial charge in [-0.2, -0.15) is 13.2 Å². The number of amides is 1. The number of hydrogen-bond acceptors (Lipinski definition) is 3. The summed E-state index contributed by atoms with van der Waals surface area (Å²) in [5.74, 6) is -0.0126. The highest BCUT2D eigenvalue weighted by Crippen LogP contribution is 2.28. The van der Waals surface area contributed by atoms with Gasteiger partial charge in [0.25, 0.3) is 5.91 Å². The van der Waals surface area contributed by atoms with Gasteiger partial charge in [-0.05, 0) is 37.9 Å². The number of nitrogens with zero attached hydrogens (tertiary/aromatic N) is 2. The zero-order valence-corrected chi connectivity index (χ0v) is 12.3. The average molecular weight is 324 g/mol. The Hall–Kier alpha value is -1.34. The van der Waals surface area contributed by atoms with E-state index in [9.17, 15) is 18.0 Å². The summed E-state index contributed by atoms with van der Waals surface area (Å²) in [6, 6.07) is 2.04. The minimum atomic E-state index is -4.50. The van der Waals surface area contributed by atoms with E-state index in [0.717, 1.165) is 12.5 Å². The second-order valence-electron chi connectivity index (χ2n) is 4.97. The van der Waals surface area contributed by atoms with Crippen LogP contribution in [0.2, 0.25) is 0 Å². The zero-order valence-electron chi connectivity index (χ0n) is 11.5. The SMILES string of the molecule is Cc1nc(C(F)(F)F)ccc1C(=O)N1CCC(CN)C1.Cl. The molecule has 1 atom stereocenters. The Bertz CT molecular complexity index is 522. The maximum atomic E-state index is 12.5. The molecule has 1 aliphatic heterocycles. The van der Waals surface area contributed by atoms with E-state index in [1.807, 2.05) is 0 Å². The lowest BCUT2D eigenvalue weighted by Crippen LogP contribution is -2.30. The summed E-state index contributed by atoms with van der Waals surface area (Å²) in [5.41, 5.74) is 4.89. The van der Waals surface area contributed by atoms with Crippen LogP contribution < -0.4 is 5.73 Å². The second-order valence-corrected chi connectivity index (χ2v) is 4.97. The van der Waals surface area contributed by atoms with Crippen LogP contribution >= 0.6 is 12.4 Å². The first kappa shape index (κ1) is 17.7. The first-order valence-electron chi connectivity index (χ1n) is 6.37. The van der Waals surface area contributed by atoms with Crippen molar-refractivity contribution in [3.05, 3.63) is 29.1 Å². The molecule has 1 fully saturated rings. The lowest BCUT2D eigenvalue weighted by Gasteiger charge is -2.18.